The highest BCUT2D eigenvalue weighted by Crippen LogP contribution is 2.32. The van der Waals surface area contributed by atoms with Gasteiger partial charge in [-0.3, -0.25) is 13.9 Å². The normalized spacial score (nSPS) is 11.9. The Morgan fingerprint density at radius 1 is 0.844 bits per heavy atom. The third kappa shape index (κ3) is 8.29. The number of nitrogens with one attached hydrogen (secondary N) is 1. The number of benzene rings is 4. The maximum atomic E-state index is 14.4. The molecule has 0 saturated carbocycles. The molecule has 0 fully saturated rings. The van der Waals surface area contributed by atoms with Crippen molar-refractivity contribution in [3.63, 3.8) is 0 Å². The first kappa shape index (κ1) is 34.1. The van der Waals surface area contributed by atoms with E-state index in [1.54, 1.807) is 30.3 Å². The number of hydrogen-bond donors (Lipinski definition) is 1. The summed E-state index contributed by atoms with van der Waals surface area (Å²) < 4.78 is 34.5. The molecule has 4 aromatic carbocycles. The first-order valence-electron chi connectivity index (χ1n) is 13.9. The molecule has 0 saturated heterocycles. The van der Waals surface area contributed by atoms with E-state index >= 15 is 0 Å². The van der Waals surface area contributed by atoms with Crippen LogP contribution in [0.25, 0.3) is 0 Å². The molecule has 12 heteroatoms. The fraction of sp³-hybridized carbons (Fsp3) is 0.212. The standard InChI is InChI=1S/C33H32Cl3N3O5S/c1-22-9-13-26(14-10-22)45(42,43)39(25-12-16-31(44-3)29(36)19-25)21-32(40)38(20-24-11-15-27(34)28(35)17-24)30(33(41)37-2)18-23-7-5-4-6-8-23/h4-17,19,30H,18,20-21H2,1-3H3,(H,37,41). The fourth-order valence-corrected chi connectivity index (χ4v) is 6.71. The average molecular weight is 689 g/mol. The summed E-state index contributed by atoms with van der Waals surface area (Å²) in [5.41, 5.74) is 2.42. The van der Waals surface area contributed by atoms with Crippen LogP contribution in [0.3, 0.4) is 0 Å². The number of rotatable bonds is 12. The highest BCUT2D eigenvalue weighted by Gasteiger charge is 2.34. The zero-order valence-corrected chi connectivity index (χ0v) is 27.9. The largest absolute Gasteiger partial charge is 0.495 e. The second kappa shape index (κ2) is 15.0. The van der Waals surface area contributed by atoms with Crippen LogP contribution >= 0.6 is 34.8 Å². The van der Waals surface area contributed by atoms with E-state index in [1.165, 1.54) is 49.4 Å². The number of ether oxygens (including phenoxy) is 1. The summed E-state index contributed by atoms with van der Waals surface area (Å²) in [4.78, 5) is 29.1. The van der Waals surface area contributed by atoms with Gasteiger partial charge in [0.15, 0.2) is 0 Å². The first-order chi connectivity index (χ1) is 21.4. The molecule has 2 amide bonds. The molecule has 8 nitrogen and oxygen atoms in total. The molecule has 0 aromatic heterocycles. The third-order valence-corrected chi connectivity index (χ3v) is 9.99. The highest BCUT2D eigenvalue weighted by molar-refractivity contribution is 7.92. The summed E-state index contributed by atoms with van der Waals surface area (Å²) in [6, 6.07) is 23.9. The van der Waals surface area contributed by atoms with E-state index in [9.17, 15) is 18.0 Å². The van der Waals surface area contributed by atoms with Gasteiger partial charge < -0.3 is 15.0 Å². The van der Waals surface area contributed by atoms with Crippen LogP contribution in [-0.4, -0.2) is 51.9 Å². The molecule has 0 aliphatic rings. The van der Waals surface area contributed by atoms with E-state index < -0.39 is 34.4 Å². The van der Waals surface area contributed by atoms with Gasteiger partial charge in [-0.15, -0.1) is 0 Å². The van der Waals surface area contributed by atoms with E-state index in [0.717, 1.165) is 15.4 Å². The average Bonchev–Trinajstić information content (AvgIpc) is 3.03. The van der Waals surface area contributed by atoms with Gasteiger partial charge in [-0.25, -0.2) is 8.42 Å². The van der Waals surface area contributed by atoms with Gasteiger partial charge in [0.1, 0.15) is 18.3 Å². The predicted octanol–water partition coefficient (Wildman–Crippen LogP) is 6.55. The molecule has 0 bridgehead atoms. The zero-order valence-electron chi connectivity index (χ0n) is 24.8. The monoisotopic (exact) mass is 687 g/mol. The zero-order chi connectivity index (χ0) is 32.7. The molecule has 0 spiro atoms. The number of anilines is 1. The maximum absolute atomic E-state index is 14.4. The Morgan fingerprint density at radius 3 is 2.13 bits per heavy atom. The Hall–Kier alpha value is -3.76. The molecule has 0 aliphatic carbocycles. The van der Waals surface area contributed by atoms with Crippen molar-refractivity contribution in [3.05, 3.63) is 123 Å². The van der Waals surface area contributed by atoms with Crippen molar-refractivity contribution in [3.8, 4) is 5.75 Å². The molecule has 1 N–H and O–H groups in total. The van der Waals surface area contributed by atoms with Crippen LogP contribution in [0.5, 0.6) is 5.75 Å². The van der Waals surface area contributed by atoms with E-state index in [0.29, 0.717) is 16.3 Å². The number of nitrogens with zero attached hydrogens (tertiary/aromatic N) is 2. The van der Waals surface area contributed by atoms with Crippen molar-refractivity contribution in [1.29, 1.82) is 0 Å². The quantitative estimate of drug-likeness (QED) is 0.182. The molecular weight excluding hydrogens is 657 g/mol. The maximum Gasteiger partial charge on any atom is 0.264 e. The van der Waals surface area contributed by atoms with Crippen molar-refractivity contribution in [1.82, 2.24) is 10.2 Å². The van der Waals surface area contributed by atoms with Gasteiger partial charge in [-0.2, -0.15) is 0 Å². The van der Waals surface area contributed by atoms with Gasteiger partial charge in [0.2, 0.25) is 11.8 Å². The summed E-state index contributed by atoms with van der Waals surface area (Å²) in [6.45, 7) is 1.15. The second-order valence-electron chi connectivity index (χ2n) is 10.2. The van der Waals surface area contributed by atoms with E-state index in [1.807, 2.05) is 37.3 Å². The number of likely N-dealkylation sites (N-methyl/N-ethyl adjacent to an activating group) is 1. The molecule has 236 valence electrons. The fourth-order valence-electron chi connectivity index (χ4n) is 4.73. The molecule has 0 radical (unpaired) electrons. The van der Waals surface area contributed by atoms with Crippen LogP contribution in [0, 0.1) is 6.92 Å². The van der Waals surface area contributed by atoms with Crippen molar-refractivity contribution in [2.75, 3.05) is 25.0 Å². The van der Waals surface area contributed by atoms with Crippen molar-refractivity contribution in [2.24, 2.45) is 0 Å². The first-order valence-corrected chi connectivity index (χ1v) is 16.4. The van der Waals surface area contributed by atoms with Crippen LogP contribution in [-0.2, 0) is 32.6 Å². The molecule has 1 unspecified atom stereocenters. The lowest BCUT2D eigenvalue weighted by Gasteiger charge is -2.33. The topological polar surface area (TPSA) is 96.0 Å². The molecule has 0 aliphatic heterocycles. The van der Waals surface area contributed by atoms with Crippen LogP contribution < -0.4 is 14.4 Å². The number of hydrogen-bond acceptors (Lipinski definition) is 5. The third-order valence-electron chi connectivity index (χ3n) is 7.17. The van der Waals surface area contributed by atoms with Gasteiger partial charge in [0.05, 0.1) is 32.8 Å². The second-order valence-corrected chi connectivity index (χ2v) is 13.3. The van der Waals surface area contributed by atoms with Gasteiger partial charge in [-0.1, -0.05) is 88.9 Å². The van der Waals surface area contributed by atoms with Crippen molar-refractivity contribution in [2.45, 2.75) is 30.8 Å². The SMILES string of the molecule is CNC(=O)C(Cc1ccccc1)N(Cc1ccc(Cl)c(Cl)c1)C(=O)CN(c1ccc(OC)c(Cl)c1)S(=O)(=O)c1ccc(C)cc1. The molecule has 0 heterocycles. The minimum absolute atomic E-state index is 0.0176. The van der Waals surface area contributed by atoms with Crippen LogP contribution in [0.15, 0.2) is 95.9 Å². The van der Waals surface area contributed by atoms with Crippen molar-refractivity contribution < 1.29 is 22.7 Å². The van der Waals surface area contributed by atoms with Gasteiger partial charge in [0, 0.05) is 20.0 Å². The van der Waals surface area contributed by atoms with Gasteiger partial charge in [-0.05, 0) is 60.5 Å². The number of methoxy groups -OCH3 is 1. The Labute approximate surface area is 278 Å². The lowest BCUT2D eigenvalue weighted by Crippen LogP contribution is -2.53. The molecular formula is C33H32Cl3N3O5S. The summed E-state index contributed by atoms with van der Waals surface area (Å²) in [6.07, 6.45) is 0.173. The minimum Gasteiger partial charge on any atom is -0.495 e. The Balaban J connectivity index is 1.82. The van der Waals surface area contributed by atoms with Crippen LogP contribution in [0.2, 0.25) is 15.1 Å². The van der Waals surface area contributed by atoms with Crippen molar-refractivity contribution >= 4 is 62.3 Å². The number of halogens is 3. The molecule has 4 aromatic rings. The lowest BCUT2D eigenvalue weighted by atomic mass is 10.0. The number of sulfonamides is 1. The Kier molecular flexibility index (Phi) is 11.4. The Bertz CT molecular complexity index is 1770. The molecule has 1 atom stereocenters. The predicted molar refractivity (Wildman–Crippen MR) is 179 cm³/mol. The van der Waals surface area contributed by atoms with E-state index in [2.05, 4.69) is 5.32 Å². The highest BCUT2D eigenvalue weighted by atomic mass is 35.5. The summed E-state index contributed by atoms with van der Waals surface area (Å²) >= 11 is 18.8. The summed E-state index contributed by atoms with van der Waals surface area (Å²) in [5.74, 6) is -0.718. The lowest BCUT2D eigenvalue weighted by molar-refractivity contribution is -0.139. The van der Waals surface area contributed by atoms with Gasteiger partial charge >= 0.3 is 0 Å². The number of amides is 2. The van der Waals surface area contributed by atoms with Crippen LogP contribution in [0.4, 0.5) is 5.69 Å². The molecule has 4 rings (SSSR count). The minimum atomic E-state index is -4.28. The molecule has 45 heavy (non-hydrogen) atoms. The summed E-state index contributed by atoms with van der Waals surface area (Å²) in [5, 5.41) is 3.42. The number of carbonyl (C=O) groups excluding carboxylic acids is 2. The Morgan fingerprint density at radius 2 is 1.53 bits per heavy atom. The van der Waals surface area contributed by atoms with E-state index in [4.69, 9.17) is 39.5 Å². The number of aryl methyl sites for hydroxylation is 1. The van der Waals surface area contributed by atoms with E-state index in [-0.39, 0.29) is 33.6 Å². The smallest absolute Gasteiger partial charge is 0.264 e. The summed E-state index contributed by atoms with van der Waals surface area (Å²) in [7, 11) is -1.36. The van der Waals surface area contributed by atoms with Gasteiger partial charge in [0.25, 0.3) is 10.0 Å². The van der Waals surface area contributed by atoms with Crippen LogP contribution in [0.1, 0.15) is 16.7 Å². The number of carbonyl (C=O) groups is 2.